The fourth-order valence-electron chi connectivity index (χ4n) is 3.72. The molecule has 1 unspecified atom stereocenters. The second kappa shape index (κ2) is 6.74. The van der Waals surface area contributed by atoms with Crippen LogP contribution in [0.3, 0.4) is 0 Å². The summed E-state index contributed by atoms with van der Waals surface area (Å²) in [5, 5.41) is 10.0. The first-order valence-corrected chi connectivity index (χ1v) is 8.13. The first-order valence-electron chi connectivity index (χ1n) is 8.13. The standard InChI is InChI=1S/C18H20N4.ClH/c19-12-14-4-6-17-15(11-14)5-7-18(20-17)22-10-9-21-8-2-1-3-16(21)13-22;/h4-7,11,16H,1-3,8-10,13H2;1H. The smallest absolute Gasteiger partial charge is 0.129 e. The average Bonchev–Trinajstić information content (AvgIpc) is 2.60. The van der Waals surface area contributed by atoms with E-state index in [0.717, 1.165) is 36.4 Å². The van der Waals surface area contributed by atoms with Gasteiger partial charge >= 0.3 is 0 Å². The summed E-state index contributed by atoms with van der Waals surface area (Å²) in [6.07, 6.45) is 4.03. The van der Waals surface area contributed by atoms with Crippen molar-refractivity contribution in [2.24, 2.45) is 0 Å². The molecule has 0 saturated carbocycles. The molecular formula is C18H21ClN4. The molecular weight excluding hydrogens is 308 g/mol. The van der Waals surface area contributed by atoms with Gasteiger partial charge in [-0.2, -0.15) is 5.26 Å². The van der Waals surface area contributed by atoms with Crippen molar-refractivity contribution in [1.29, 1.82) is 5.26 Å². The highest BCUT2D eigenvalue weighted by molar-refractivity contribution is 5.85. The summed E-state index contributed by atoms with van der Waals surface area (Å²) in [4.78, 5) is 9.87. The van der Waals surface area contributed by atoms with Gasteiger partial charge in [0.15, 0.2) is 0 Å². The minimum atomic E-state index is 0. The third-order valence-corrected chi connectivity index (χ3v) is 4.96. The lowest BCUT2D eigenvalue weighted by molar-refractivity contribution is 0.133. The molecule has 2 saturated heterocycles. The molecule has 0 bridgehead atoms. The maximum absolute atomic E-state index is 8.98. The Morgan fingerprint density at radius 3 is 2.87 bits per heavy atom. The predicted octanol–water partition coefficient (Wildman–Crippen LogP) is 3.20. The Morgan fingerprint density at radius 2 is 2.00 bits per heavy atom. The summed E-state index contributed by atoms with van der Waals surface area (Å²) in [6, 6.07) is 12.8. The third kappa shape index (κ3) is 3.12. The Labute approximate surface area is 143 Å². The lowest BCUT2D eigenvalue weighted by Gasteiger charge is -2.44. The van der Waals surface area contributed by atoms with E-state index in [1.165, 1.54) is 25.8 Å². The van der Waals surface area contributed by atoms with Crippen molar-refractivity contribution in [3.63, 3.8) is 0 Å². The van der Waals surface area contributed by atoms with E-state index in [1.54, 1.807) is 0 Å². The van der Waals surface area contributed by atoms with Crippen molar-refractivity contribution in [3.05, 3.63) is 35.9 Å². The van der Waals surface area contributed by atoms with Gasteiger partial charge < -0.3 is 4.90 Å². The SMILES string of the molecule is Cl.N#Cc1ccc2nc(N3CCN4CCCCC4C3)ccc2c1. The highest BCUT2D eigenvalue weighted by Crippen LogP contribution is 2.25. The summed E-state index contributed by atoms with van der Waals surface area (Å²) in [5.41, 5.74) is 1.67. The van der Waals surface area contributed by atoms with Crippen molar-refractivity contribution in [1.82, 2.24) is 9.88 Å². The van der Waals surface area contributed by atoms with E-state index in [9.17, 15) is 0 Å². The number of hydrogen-bond acceptors (Lipinski definition) is 4. The third-order valence-electron chi connectivity index (χ3n) is 4.96. The fourth-order valence-corrected chi connectivity index (χ4v) is 3.72. The minimum Gasteiger partial charge on any atom is -0.354 e. The maximum Gasteiger partial charge on any atom is 0.129 e. The van der Waals surface area contributed by atoms with E-state index in [-0.39, 0.29) is 12.4 Å². The number of piperazine rings is 1. The molecule has 2 aliphatic heterocycles. The highest BCUT2D eigenvalue weighted by atomic mass is 35.5. The number of halogens is 1. The lowest BCUT2D eigenvalue weighted by Crippen LogP contribution is -2.55. The number of nitriles is 1. The summed E-state index contributed by atoms with van der Waals surface area (Å²) in [5.74, 6) is 1.07. The van der Waals surface area contributed by atoms with Gasteiger partial charge in [0.1, 0.15) is 5.82 Å². The van der Waals surface area contributed by atoms with Crippen LogP contribution in [0.2, 0.25) is 0 Å². The lowest BCUT2D eigenvalue weighted by atomic mass is 9.99. The molecule has 0 N–H and O–H groups in total. The molecule has 23 heavy (non-hydrogen) atoms. The number of nitrogens with zero attached hydrogens (tertiary/aromatic N) is 4. The Bertz CT molecular complexity index is 739. The maximum atomic E-state index is 8.98. The number of pyridine rings is 1. The van der Waals surface area contributed by atoms with E-state index < -0.39 is 0 Å². The number of aromatic nitrogens is 1. The minimum absolute atomic E-state index is 0. The Kier molecular flexibility index (Phi) is 4.70. The normalized spacial score (nSPS) is 21.3. The number of hydrogen-bond donors (Lipinski definition) is 0. The van der Waals surface area contributed by atoms with Gasteiger partial charge in [-0.05, 0) is 49.7 Å². The quantitative estimate of drug-likeness (QED) is 0.806. The van der Waals surface area contributed by atoms with E-state index in [4.69, 9.17) is 10.2 Å². The second-order valence-corrected chi connectivity index (χ2v) is 6.32. The molecule has 0 aliphatic carbocycles. The van der Waals surface area contributed by atoms with Crippen LogP contribution in [-0.2, 0) is 0 Å². The van der Waals surface area contributed by atoms with E-state index in [1.807, 2.05) is 18.2 Å². The van der Waals surface area contributed by atoms with Gasteiger partial charge in [-0.25, -0.2) is 4.98 Å². The molecule has 3 heterocycles. The number of piperidine rings is 1. The van der Waals surface area contributed by atoms with E-state index in [0.29, 0.717) is 11.6 Å². The van der Waals surface area contributed by atoms with Gasteiger partial charge in [-0.3, -0.25) is 4.90 Å². The van der Waals surface area contributed by atoms with E-state index in [2.05, 4.69) is 28.0 Å². The van der Waals surface area contributed by atoms with Crippen LogP contribution in [0.1, 0.15) is 24.8 Å². The largest absolute Gasteiger partial charge is 0.354 e. The van der Waals surface area contributed by atoms with Crippen LogP contribution in [0.25, 0.3) is 10.9 Å². The zero-order chi connectivity index (χ0) is 14.9. The van der Waals surface area contributed by atoms with Crippen molar-refractivity contribution in [2.45, 2.75) is 25.3 Å². The van der Waals surface area contributed by atoms with Gasteiger partial charge in [-0.1, -0.05) is 6.42 Å². The van der Waals surface area contributed by atoms with Crippen molar-refractivity contribution in [3.8, 4) is 6.07 Å². The molecule has 0 amide bonds. The van der Waals surface area contributed by atoms with Crippen LogP contribution in [0.15, 0.2) is 30.3 Å². The molecule has 4 nitrogen and oxygen atoms in total. The fraction of sp³-hybridized carbons (Fsp3) is 0.444. The summed E-state index contributed by atoms with van der Waals surface area (Å²) in [7, 11) is 0. The zero-order valence-corrected chi connectivity index (χ0v) is 13.9. The molecule has 0 spiro atoms. The monoisotopic (exact) mass is 328 g/mol. The molecule has 1 aromatic carbocycles. The van der Waals surface area contributed by atoms with Crippen LogP contribution >= 0.6 is 12.4 Å². The summed E-state index contributed by atoms with van der Waals surface area (Å²) in [6.45, 7) is 4.57. The van der Waals surface area contributed by atoms with Crippen LogP contribution in [0.5, 0.6) is 0 Å². The van der Waals surface area contributed by atoms with Crippen LogP contribution in [-0.4, -0.2) is 42.1 Å². The van der Waals surface area contributed by atoms with Gasteiger partial charge in [0.25, 0.3) is 0 Å². The predicted molar refractivity (Wildman–Crippen MR) is 95.1 cm³/mol. The first kappa shape index (κ1) is 16.0. The molecule has 5 heteroatoms. The van der Waals surface area contributed by atoms with E-state index >= 15 is 0 Å². The van der Waals surface area contributed by atoms with Gasteiger partial charge in [-0.15, -0.1) is 12.4 Å². The van der Waals surface area contributed by atoms with Gasteiger partial charge in [0, 0.05) is 31.1 Å². The van der Waals surface area contributed by atoms with Crippen LogP contribution < -0.4 is 4.90 Å². The molecule has 0 radical (unpaired) electrons. The Balaban J connectivity index is 0.00000156. The van der Waals surface area contributed by atoms with Crippen molar-refractivity contribution < 1.29 is 0 Å². The molecule has 1 atom stereocenters. The topological polar surface area (TPSA) is 43.2 Å². The molecule has 1 aromatic heterocycles. The van der Waals surface area contributed by atoms with Crippen LogP contribution in [0.4, 0.5) is 5.82 Å². The Morgan fingerprint density at radius 1 is 1.09 bits per heavy atom. The van der Waals surface area contributed by atoms with Crippen LogP contribution in [0, 0.1) is 11.3 Å². The summed E-state index contributed by atoms with van der Waals surface area (Å²) < 4.78 is 0. The molecule has 2 fully saturated rings. The van der Waals surface area contributed by atoms with Crippen molar-refractivity contribution in [2.75, 3.05) is 31.1 Å². The number of anilines is 1. The molecule has 4 rings (SSSR count). The first-order chi connectivity index (χ1) is 10.8. The zero-order valence-electron chi connectivity index (χ0n) is 13.1. The number of benzene rings is 1. The summed E-state index contributed by atoms with van der Waals surface area (Å²) >= 11 is 0. The average molecular weight is 329 g/mol. The number of rotatable bonds is 1. The number of fused-ring (bicyclic) bond motifs is 2. The Hall–Kier alpha value is -1.83. The van der Waals surface area contributed by atoms with Crippen molar-refractivity contribution >= 4 is 29.1 Å². The molecule has 2 aliphatic rings. The molecule has 120 valence electrons. The molecule has 2 aromatic rings. The highest BCUT2D eigenvalue weighted by Gasteiger charge is 2.29. The second-order valence-electron chi connectivity index (χ2n) is 6.32. The van der Waals surface area contributed by atoms with Gasteiger partial charge in [0.2, 0.25) is 0 Å². The van der Waals surface area contributed by atoms with Gasteiger partial charge in [0.05, 0.1) is 17.1 Å².